The molecule has 2 aliphatic rings. The fourth-order valence-corrected chi connectivity index (χ4v) is 6.94. The maximum absolute atomic E-state index is 14.0. The molecular weight excluding hydrogens is 524 g/mol. The van der Waals surface area contributed by atoms with Crippen molar-refractivity contribution in [1.29, 1.82) is 5.41 Å². The predicted octanol–water partition coefficient (Wildman–Crippen LogP) is 4.72. The van der Waals surface area contributed by atoms with Gasteiger partial charge in [-0.3, -0.25) is 10.2 Å². The number of nitrogens with two attached hydrogens (primary N) is 1. The first kappa shape index (κ1) is 28.1. The van der Waals surface area contributed by atoms with E-state index in [1.165, 1.54) is 31.0 Å². The molecule has 5 rings (SSSR count). The van der Waals surface area contributed by atoms with E-state index in [9.17, 15) is 4.79 Å². The van der Waals surface area contributed by atoms with Crippen LogP contribution in [0.1, 0.15) is 81.0 Å². The summed E-state index contributed by atoms with van der Waals surface area (Å²) in [6, 6.07) is 13.9. The van der Waals surface area contributed by atoms with Crippen LogP contribution in [0.5, 0.6) is 5.75 Å². The van der Waals surface area contributed by atoms with Gasteiger partial charge in [0.1, 0.15) is 16.8 Å². The van der Waals surface area contributed by atoms with E-state index in [-0.39, 0.29) is 23.9 Å². The average Bonchev–Trinajstić information content (AvgIpc) is 3.46. The van der Waals surface area contributed by atoms with E-state index < -0.39 is 5.25 Å². The molecule has 0 bridgehead atoms. The molecule has 0 spiro atoms. The molecule has 212 valence electrons. The largest absolute Gasteiger partial charge is 0.485 e. The number of thioether (sulfide) groups is 1. The minimum absolute atomic E-state index is 0.00805. The molecule has 1 saturated heterocycles. The number of anilines is 1. The lowest BCUT2D eigenvalue weighted by molar-refractivity contribution is -0.118. The van der Waals surface area contributed by atoms with Crippen LogP contribution in [0.3, 0.4) is 0 Å². The number of fused-ring (bicyclic) bond motifs is 1. The van der Waals surface area contributed by atoms with Crippen molar-refractivity contribution in [3.63, 3.8) is 0 Å². The molecular formula is C29H38N8O2S. The number of unbranched alkanes of at least 4 members (excludes halogenated alkanes) is 2. The summed E-state index contributed by atoms with van der Waals surface area (Å²) >= 11 is 1.52. The number of carbonyl (C=O) groups is 1. The number of amidine groups is 1. The van der Waals surface area contributed by atoms with Crippen LogP contribution in [-0.4, -0.2) is 50.5 Å². The number of rotatable bonds is 11. The van der Waals surface area contributed by atoms with Crippen LogP contribution in [0.2, 0.25) is 0 Å². The van der Waals surface area contributed by atoms with Gasteiger partial charge in [0.15, 0.2) is 6.61 Å². The predicted molar refractivity (Wildman–Crippen MR) is 157 cm³/mol. The number of H-pyrrole nitrogens is 1. The highest BCUT2D eigenvalue weighted by atomic mass is 32.2. The summed E-state index contributed by atoms with van der Waals surface area (Å²) in [5.74, 6) is 1.12. The normalized spacial score (nSPS) is 22.6. The second kappa shape index (κ2) is 12.4. The molecule has 3 aromatic rings. The number of nitrogen functional groups attached to an aromatic ring is 1. The summed E-state index contributed by atoms with van der Waals surface area (Å²) in [5.41, 5.74) is 8.27. The van der Waals surface area contributed by atoms with Crippen molar-refractivity contribution in [3.05, 3.63) is 59.4 Å². The van der Waals surface area contributed by atoms with Gasteiger partial charge in [0.05, 0.1) is 5.69 Å². The molecule has 1 aromatic heterocycles. The number of carbonyl (C=O) groups excluding carboxylic acids is 1. The minimum atomic E-state index is -0.412. The number of aromatic amines is 1. The fraction of sp³-hybridized carbons (Fsp3) is 0.483. The Kier molecular flexibility index (Phi) is 8.70. The summed E-state index contributed by atoms with van der Waals surface area (Å²) in [7, 11) is 0. The standard InChI is InChI=1S/C29H38N8O2S/c1-19-8-7-14-29(2,32-19)13-4-3-5-15-37-23-17-22(39-18-25-33-35-36-34-25)11-12-24(23)40-26(28(37)38)20-9-6-10-21(16-20)27(30)31/h6,9-12,16-17,19,26,32H,3-5,7-8,13-15,18H2,1-2H3,(H3,30,31)(H,33,34,35,36)/t19-,26?,29+/m0/s1. The van der Waals surface area contributed by atoms with Crippen LogP contribution in [0.4, 0.5) is 5.69 Å². The van der Waals surface area contributed by atoms with Crippen LogP contribution in [0.25, 0.3) is 0 Å². The second-order valence-electron chi connectivity index (χ2n) is 11.1. The van der Waals surface area contributed by atoms with Crippen LogP contribution in [0.15, 0.2) is 47.4 Å². The van der Waals surface area contributed by atoms with Crippen molar-refractivity contribution in [2.24, 2.45) is 5.73 Å². The molecule has 10 nitrogen and oxygen atoms in total. The van der Waals surface area contributed by atoms with Gasteiger partial charge in [-0.05, 0) is 63.3 Å². The van der Waals surface area contributed by atoms with Gasteiger partial charge in [0.2, 0.25) is 11.7 Å². The Morgan fingerprint density at radius 2 is 2.12 bits per heavy atom. The number of hydrogen-bond acceptors (Lipinski definition) is 8. The maximum Gasteiger partial charge on any atom is 0.245 e. The highest BCUT2D eigenvalue weighted by Crippen LogP contribution is 2.48. The van der Waals surface area contributed by atoms with Crippen LogP contribution < -0.4 is 20.7 Å². The summed E-state index contributed by atoms with van der Waals surface area (Å²) < 4.78 is 5.91. The number of nitrogens with zero attached hydrogens (tertiary/aromatic N) is 4. The Bertz CT molecular complexity index is 1330. The Morgan fingerprint density at radius 1 is 1.25 bits per heavy atom. The molecule has 2 aromatic carbocycles. The lowest BCUT2D eigenvalue weighted by Crippen LogP contribution is -2.50. The highest BCUT2D eigenvalue weighted by Gasteiger charge is 2.35. The SMILES string of the molecule is C[C@H]1CCC[C@@](C)(CCCCCN2C(=O)C(c3cccc(C(=N)N)c3)Sc3ccc(OCc4nn[nH]n4)cc32)N1. The highest BCUT2D eigenvalue weighted by molar-refractivity contribution is 8.00. The third-order valence-corrected chi connectivity index (χ3v) is 9.09. The van der Waals surface area contributed by atoms with Gasteiger partial charge in [-0.25, -0.2) is 0 Å². The van der Waals surface area contributed by atoms with E-state index in [1.807, 2.05) is 41.3 Å². The summed E-state index contributed by atoms with van der Waals surface area (Å²) in [5, 5.41) is 25.1. The number of amides is 1. The topological polar surface area (TPSA) is 146 Å². The van der Waals surface area contributed by atoms with Gasteiger partial charge in [0.25, 0.3) is 0 Å². The number of tetrazole rings is 1. The molecule has 40 heavy (non-hydrogen) atoms. The average molecular weight is 563 g/mol. The molecule has 3 heterocycles. The number of hydrogen-bond donors (Lipinski definition) is 4. The van der Waals surface area contributed by atoms with Crippen LogP contribution >= 0.6 is 11.8 Å². The van der Waals surface area contributed by atoms with E-state index >= 15 is 0 Å². The zero-order valence-electron chi connectivity index (χ0n) is 23.2. The Balaban J connectivity index is 1.31. The van der Waals surface area contributed by atoms with Crippen molar-refractivity contribution in [2.45, 2.75) is 87.1 Å². The zero-order valence-corrected chi connectivity index (χ0v) is 24.0. The lowest BCUT2D eigenvalue weighted by Gasteiger charge is -2.39. The zero-order chi connectivity index (χ0) is 28.1. The molecule has 0 radical (unpaired) electrons. The van der Waals surface area contributed by atoms with Gasteiger partial charge in [0, 0.05) is 34.7 Å². The molecule has 5 N–H and O–H groups in total. The smallest absolute Gasteiger partial charge is 0.245 e. The fourth-order valence-electron chi connectivity index (χ4n) is 5.73. The number of ether oxygens (including phenoxy) is 1. The minimum Gasteiger partial charge on any atom is -0.485 e. The number of benzene rings is 2. The lowest BCUT2D eigenvalue weighted by atomic mass is 9.84. The first-order valence-corrected chi connectivity index (χ1v) is 14.9. The van der Waals surface area contributed by atoms with Crippen molar-refractivity contribution in [3.8, 4) is 5.75 Å². The van der Waals surface area contributed by atoms with Crippen molar-refractivity contribution >= 4 is 29.2 Å². The molecule has 1 amide bonds. The van der Waals surface area contributed by atoms with E-state index in [0.29, 0.717) is 29.7 Å². The molecule has 3 atom stereocenters. The van der Waals surface area contributed by atoms with E-state index in [4.69, 9.17) is 15.9 Å². The number of nitrogens with one attached hydrogen (secondary N) is 3. The van der Waals surface area contributed by atoms with Gasteiger partial charge in [-0.1, -0.05) is 42.7 Å². The Labute approximate surface area is 239 Å². The summed E-state index contributed by atoms with van der Waals surface area (Å²) in [4.78, 5) is 16.9. The maximum atomic E-state index is 14.0. The quantitative estimate of drug-likeness (QED) is 0.149. The van der Waals surface area contributed by atoms with Crippen molar-refractivity contribution < 1.29 is 9.53 Å². The molecule has 2 aliphatic heterocycles. The molecule has 1 fully saturated rings. The number of piperidine rings is 1. The van der Waals surface area contributed by atoms with Gasteiger partial charge in [-0.15, -0.1) is 22.0 Å². The molecule has 0 saturated carbocycles. The van der Waals surface area contributed by atoms with Crippen molar-refractivity contribution in [1.82, 2.24) is 25.9 Å². The first-order chi connectivity index (χ1) is 19.3. The van der Waals surface area contributed by atoms with Gasteiger partial charge in [-0.2, -0.15) is 5.21 Å². The second-order valence-corrected chi connectivity index (χ2v) is 12.2. The van der Waals surface area contributed by atoms with Gasteiger partial charge < -0.3 is 20.7 Å². The third kappa shape index (κ3) is 6.64. The summed E-state index contributed by atoms with van der Waals surface area (Å²) in [6.45, 7) is 5.43. The van der Waals surface area contributed by atoms with E-state index in [0.717, 1.165) is 41.8 Å². The van der Waals surface area contributed by atoms with Gasteiger partial charge >= 0.3 is 0 Å². The van der Waals surface area contributed by atoms with Crippen LogP contribution in [-0.2, 0) is 11.4 Å². The van der Waals surface area contributed by atoms with E-state index in [1.54, 1.807) is 6.07 Å². The Morgan fingerprint density at radius 3 is 2.90 bits per heavy atom. The molecule has 1 unspecified atom stereocenters. The summed E-state index contributed by atoms with van der Waals surface area (Å²) in [6.07, 6.45) is 7.99. The molecule has 0 aliphatic carbocycles. The van der Waals surface area contributed by atoms with Crippen LogP contribution in [0, 0.1) is 5.41 Å². The Hall–Kier alpha value is -3.44. The monoisotopic (exact) mass is 562 g/mol. The third-order valence-electron chi connectivity index (χ3n) is 7.78. The number of aromatic nitrogens is 4. The molecule has 11 heteroatoms. The van der Waals surface area contributed by atoms with E-state index in [2.05, 4.69) is 39.8 Å². The van der Waals surface area contributed by atoms with Crippen molar-refractivity contribution in [2.75, 3.05) is 11.4 Å². The first-order valence-electron chi connectivity index (χ1n) is 14.0.